The third kappa shape index (κ3) is 1.97. The minimum atomic E-state index is -4.53. The van der Waals surface area contributed by atoms with Crippen LogP contribution in [0.2, 0.25) is 0 Å². The Kier molecular flexibility index (Phi) is 2.87. The molecule has 0 spiro atoms. The number of nitriles is 1. The molecular formula is C13H8F3NO. The molecule has 0 saturated heterocycles. The van der Waals surface area contributed by atoms with Crippen molar-refractivity contribution in [3.05, 3.63) is 41.5 Å². The number of ether oxygens (including phenoxy) is 1. The van der Waals surface area contributed by atoms with E-state index < -0.39 is 11.7 Å². The summed E-state index contributed by atoms with van der Waals surface area (Å²) >= 11 is 0. The SMILES string of the molecule is COc1ccc2c(C#N)c(C(F)(F)F)ccc2c1. The van der Waals surface area contributed by atoms with E-state index in [9.17, 15) is 13.2 Å². The summed E-state index contributed by atoms with van der Waals surface area (Å²) in [5, 5.41) is 9.74. The molecule has 5 heteroatoms. The fraction of sp³-hybridized carbons (Fsp3) is 0.154. The molecule has 0 N–H and O–H groups in total. The number of hydrogen-bond donors (Lipinski definition) is 0. The van der Waals surface area contributed by atoms with Gasteiger partial charge in [-0.3, -0.25) is 0 Å². The minimum absolute atomic E-state index is 0.271. The summed E-state index contributed by atoms with van der Waals surface area (Å²) in [5.74, 6) is 0.533. The fourth-order valence-corrected chi connectivity index (χ4v) is 1.79. The molecule has 0 saturated carbocycles. The van der Waals surface area contributed by atoms with E-state index in [1.807, 2.05) is 0 Å². The normalized spacial score (nSPS) is 11.3. The van der Waals surface area contributed by atoms with E-state index in [2.05, 4.69) is 0 Å². The van der Waals surface area contributed by atoms with Gasteiger partial charge < -0.3 is 4.74 Å². The zero-order chi connectivity index (χ0) is 13.3. The van der Waals surface area contributed by atoms with Crippen LogP contribution in [0.4, 0.5) is 13.2 Å². The lowest BCUT2D eigenvalue weighted by atomic mass is 9.99. The summed E-state index contributed by atoms with van der Waals surface area (Å²) in [7, 11) is 1.47. The molecule has 0 amide bonds. The molecule has 0 unspecified atom stereocenters. The second kappa shape index (κ2) is 4.22. The van der Waals surface area contributed by atoms with Crippen molar-refractivity contribution >= 4 is 10.8 Å². The molecule has 2 nitrogen and oxygen atoms in total. The Morgan fingerprint density at radius 1 is 1.17 bits per heavy atom. The van der Waals surface area contributed by atoms with Crippen LogP contribution in [-0.2, 0) is 6.18 Å². The average molecular weight is 251 g/mol. The largest absolute Gasteiger partial charge is 0.497 e. The molecule has 0 radical (unpaired) electrons. The number of benzene rings is 2. The number of fused-ring (bicyclic) bond motifs is 1. The van der Waals surface area contributed by atoms with Crippen molar-refractivity contribution < 1.29 is 17.9 Å². The summed E-state index contributed by atoms with van der Waals surface area (Å²) in [6, 6.07) is 8.46. The van der Waals surface area contributed by atoms with Gasteiger partial charge in [-0.25, -0.2) is 0 Å². The van der Waals surface area contributed by atoms with Crippen LogP contribution in [0.5, 0.6) is 5.75 Å². The summed E-state index contributed by atoms with van der Waals surface area (Å²) in [6.45, 7) is 0. The highest BCUT2D eigenvalue weighted by molar-refractivity contribution is 5.90. The van der Waals surface area contributed by atoms with Gasteiger partial charge >= 0.3 is 6.18 Å². The first-order chi connectivity index (χ1) is 8.47. The Bertz CT molecular complexity index is 641. The van der Waals surface area contributed by atoms with Gasteiger partial charge in [0.2, 0.25) is 0 Å². The standard InChI is InChI=1S/C13H8F3NO/c1-18-9-3-4-10-8(6-9)2-5-12(11(10)7-17)13(14,15)16/h2-6H,1H3. The van der Waals surface area contributed by atoms with Crippen molar-refractivity contribution in [2.24, 2.45) is 0 Å². The van der Waals surface area contributed by atoms with E-state index in [0.29, 0.717) is 11.1 Å². The molecule has 0 aliphatic carbocycles. The zero-order valence-corrected chi connectivity index (χ0v) is 9.38. The number of halogens is 3. The molecule has 0 atom stereocenters. The number of nitrogens with zero attached hydrogens (tertiary/aromatic N) is 1. The molecule has 2 rings (SSSR count). The summed E-state index contributed by atoms with van der Waals surface area (Å²) in [4.78, 5) is 0. The molecule has 0 fully saturated rings. The first kappa shape index (κ1) is 12.2. The quantitative estimate of drug-likeness (QED) is 0.773. The second-order valence-electron chi connectivity index (χ2n) is 3.68. The average Bonchev–Trinajstić information content (AvgIpc) is 2.35. The maximum absolute atomic E-state index is 12.7. The van der Waals surface area contributed by atoms with Gasteiger partial charge in [0, 0.05) is 5.39 Å². The first-order valence-electron chi connectivity index (χ1n) is 5.05. The predicted molar refractivity (Wildman–Crippen MR) is 60.2 cm³/mol. The molecule has 0 aliphatic heterocycles. The van der Waals surface area contributed by atoms with Gasteiger partial charge in [0.1, 0.15) is 11.8 Å². The Hall–Kier alpha value is -2.22. The van der Waals surface area contributed by atoms with Crippen LogP contribution < -0.4 is 4.74 Å². The molecule has 92 valence electrons. The van der Waals surface area contributed by atoms with Gasteiger partial charge in [0.25, 0.3) is 0 Å². The highest BCUT2D eigenvalue weighted by Crippen LogP contribution is 2.35. The molecule has 0 aromatic heterocycles. The molecule has 0 heterocycles. The van der Waals surface area contributed by atoms with Crippen LogP contribution in [0, 0.1) is 11.3 Å². The van der Waals surface area contributed by atoms with E-state index in [1.54, 1.807) is 12.1 Å². The molecule has 0 bridgehead atoms. The van der Waals surface area contributed by atoms with Gasteiger partial charge in [-0.2, -0.15) is 18.4 Å². The van der Waals surface area contributed by atoms with Crippen LogP contribution in [0.3, 0.4) is 0 Å². The van der Waals surface area contributed by atoms with E-state index in [1.165, 1.54) is 25.3 Å². The van der Waals surface area contributed by atoms with Crippen molar-refractivity contribution in [3.8, 4) is 11.8 Å². The number of alkyl halides is 3. The molecule has 0 aliphatic rings. The third-order valence-corrected chi connectivity index (χ3v) is 2.64. The molecule has 2 aromatic carbocycles. The number of methoxy groups -OCH3 is 1. The Morgan fingerprint density at radius 2 is 1.89 bits per heavy atom. The van der Waals surface area contributed by atoms with Crippen molar-refractivity contribution in [1.29, 1.82) is 5.26 Å². The maximum atomic E-state index is 12.7. The smallest absolute Gasteiger partial charge is 0.417 e. The third-order valence-electron chi connectivity index (χ3n) is 2.64. The van der Waals surface area contributed by atoms with E-state index >= 15 is 0 Å². The lowest BCUT2D eigenvalue weighted by Gasteiger charge is -2.11. The zero-order valence-electron chi connectivity index (χ0n) is 9.38. The van der Waals surface area contributed by atoms with Crippen LogP contribution in [0.25, 0.3) is 10.8 Å². The Balaban J connectivity index is 2.78. The van der Waals surface area contributed by atoms with Gasteiger partial charge in [0.05, 0.1) is 18.2 Å². The lowest BCUT2D eigenvalue weighted by molar-refractivity contribution is -0.137. The van der Waals surface area contributed by atoms with E-state index in [-0.39, 0.29) is 10.9 Å². The van der Waals surface area contributed by atoms with Crippen molar-refractivity contribution in [2.75, 3.05) is 7.11 Å². The van der Waals surface area contributed by atoms with E-state index in [0.717, 1.165) is 6.07 Å². The molecular weight excluding hydrogens is 243 g/mol. The van der Waals surface area contributed by atoms with Crippen LogP contribution in [0.15, 0.2) is 30.3 Å². The fourth-order valence-electron chi connectivity index (χ4n) is 1.79. The number of rotatable bonds is 1. The topological polar surface area (TPSA) is 33.0 Å². The van der Waals surface area contributed by atoms with E-state index in [4.69, 9.17) is 10.00 Å². The van der Waals surface area contributed by atoms with Crippen molar-refractivity contribution in [1.82, 2.24) is 0 Å². The monoisotopic (exact) mass is 251 g/mol. The van der Waals surface area contributed by atoms with Crippen LogP contribution in [0.1, 0.15) is 11.1 Å². The predicted octanol–water partition coefficient (Wildman–Crippen LogP) is 3.74. The minimum Gasteiger partial charge on any atom is -0.497 e. The second-order valence-corrected chi connectivity index (χ2v) is 3.68. The highest BCUT2D eigenvalue weighted by atomic mass is 19.4. The van der Waals surface area contributed by atoms with Crippen LogP contribution in [-0.4, -0.2) is 7.11 Å². The van der Waals surface area contributed by atoms with Gasteiger partial charge in [-0.15, -0.1) is 0 Å². The van der Waals surface area contributed by atoms with Crippen molar-refractivity contribution in [3.63, 3.8) is 0 Å². The first-order valence-corrected chi connectivity index (χ1v) is 5.05. The number of hydrogen-bond acceptors (Lipinski definition) is 2. The highest BCUT2D eigenvalue weighted by Gasteiger charge is 2.34. The van der Waals surface area contributed by atoms with Gasteiger partial charge in [-0.1, -0.05) is 6.07 Å². The van der Waals surface area contributed by atoms with Gasteiger partial charge in [-0.05, 0) is 29.7 Å². The van der Waals surface area contributed by atoms with Gasteiger partial charge in [0.15, 0.2) is 0 Å². The van der Waals surface area contributed by atoms with Crippen molar-refractivity contribution in [2.45, 2.75) is 6.18 Å². The summed E-state index contributed by atoms with van der Waals surface area (Å²) < 4.78 is 43.2. The lowest BCUT2D eigenvalue weighted by Crippen LogP contribution is -2.07. The Labute approximate surface area is 101 Å². The molecule has 2 aromatic rings. The summed E-state index contributed by atoms with van der Waals surface area (Å²) in [5.41, 5.74) is -1.27. The Morgan fingerprint density at radius 3 is 2.44 bits per heavy atom. The summed E-state index contributed by atoms with van der Waals surface area (Å²) in [6.07, 6.45) is -4.53. The maximum Gasteiger partial charge on any atom is 0.417 e. The molecule has 18 heavy (non-hydrogen) atoms. The van der Waals surface area contributed by atoms with Crippen LogP contribution >= 0.6 is 0 Å².